The van der Waals surface area contributed by atoms with Crippen LogP contribution in [-0.4, -0.2) is 98.1 Å². The van der Waals surface area contributed by atoms with Crippen molar-refractivity contribution >= 4 is 23.9 Å². The Hall–Kier alpha value is -2.28. The van der Waals surface area contributed by atoms with Gasteiger partial charge in [-0.25, -0.2) is 0 Å². The molecule has 0 amide bonds. The van der Waals surface area contributed by atoms with Crippen molar-refractivity contribution in [1.82, 2.24) is 0 Å². The predicted molar refractivity (Wildman–Crippen MR) is 113 cm³/mol. The Balaban J connectivity index is 1.11. The minimum Gasteiger partial charge on any atom is -0.481 e. The van der Waals surface area contributed by atoms with Gasteiger partial charge in [0.1, 0.15) is 18.3 Å². The van der Waals surface area contributed by atoms with Gasteiger partial charge >= 0.3 is 23.9 Å². The number of carboxylic acid groups (broad SMARTS) is 1. The molecule has 4 heterocycles. The first-order valence-corrected chi connectivity index (χ1v) is 12.1. The molecular weight excluding hydrogens is 468 g/mol. The Labute approximate surface area is 202 Å². The molecule has 8 atom stereocenters. The first-order valence-electron chi connectivity index (χ1n) is 12.1. The van der Waals surface area contributed by atoms with Crippen molar-refractivity contribution in [1.29, 1.82) is 0 Å². The maximum absolute atomic E-state index is 12.3. The molecule has 12 heteroatoms. The van der Waals surface area contributed by atoms with Gasteiger partial charge in [0, 0.05) is 31.6 Å². The largest absolute Gasteiger partial charge is 0.481 e. The Kier molecular flexibility index (Phi) is 8.58. The molecule has 4 rings (SSSR count). The second-order valence-corrected chi connectivity index (χ2v) is 9.35. The lowest BCUT2D eigenvalue weighted by Crippen LogP contribution is -2.36. The fraction of sp³-hybridized carbons (Fsp3) is 0.826. The summed E-state index contributed by atoms with van der Waals surface area (Å²) in [4.78, 5) is 46.9. The number of hydrogen-bond donors (Lipinski definition) is 1. The summed E-state index contributed by atoms with van der Waals surface area (Å²) in [6.07, 6.45) is -2.63. The molecular formula is C23H32O12. The molecule has 0 saturated carbocycles. The second-order valence-electron chi connectivity index (χ2n) is 9.35. The van der Waals surface area contributed by atoms with Crippen LogP contribution in [0.2, 0.25) is 0 Å². The molecule has 4 saturated heterocycles. The van der Waals surface area contributed by atoms with Gasteiger partial charge in [-0.1, -0.05) is 6.92 Å². The summed E-state index contributed by atoms with van der Waals surface area (Å²) in [5.74, 6) is -2.12. The van der Waals surface area contributed by atoms with Crippen molar-refractivity contribution in [2.45, 2.75) is 88.2 Å². The quantitative estimate of drug-likeness (QED) is 0.308. The Morgan fingerprint density at radius 2 is 1.00 bits per heavy atom. The van der Waals surface area contributed by atoms with Crippen molar-refractivity contribution in [3.05, 3.63) is 0 Å². The number of hydrogen-bond acceptors (Lipinski definition) is 11. The van der Waals surface area contributed by atoms with Crippen LogP contribution in [0.5, 0.6) is 0 Å². The van der Waals surface area contributed by atoms with Gasteiger partial charge in [-0.15, -0.1) is 0 Å². The third kappa shape index (κ3) is 6.49. The molecule has 1 N–H and O–H groups in total. The molecule has 4 aliphatic heterocycles. The standard InChI is InChI=1S/C23H32O12/c1-12-8-29-21-13(9-30-20(12)21)33-18(27)6-3-7-19(28)35-15-11-32-22-14(10-31-23(15)22)34-17(26)5-2-4-16(24)25/h12-15,20-23H,2-11H2,1H3,(H,24,25)/t12-,13-,14-,15-,20+,21+,22+,23+/m0/s1. The minimum atomic E-state index is -0.974. The van der Waals surface area contributed by atoms with Gasteiger partial charge in [0.15, 0.2) is 18.3 Å². The zero-order chi connectivity index (χ0) is 24.9. The van der Waals surface area contributed by atoms with Crippen molar-refractivity contribution < 1.29 is 57.4 Å². The number of carbonyl (C=O) groups excluding carboxylic acids is 3. The van der Waals surface area contributed by atoms with Gasteiger partial charge in [-0.3, -0.25) is 19.2 Å². The van der Waals surface area contributed by atoms with Gasteiger partial charge in [-0.05, 0) is 12.8 Å². The van der Waals surface area contributed by atoms with Crippen LogP contribution in [0.1, 0.15) is 45.4 Å². The third-order valence-electron chi connectivity index (χ3n) is 6.60. The normalized spacial score (nSPS) is 35.3. The fourth-order valence-corrected chi connectivity index (χ4v) is 4.83. The highest BCUT2D eigenvalue weighted by Crippen LogP contribution is 2.33. The van der Waals surface area contributed by atoms with Crippen LogP contribution in [0.3, 0.4) is 0 Å². The summed E-state index contributed by atoms with van der Waals surface area (Å²) in [5.41, 5.74) is 0. The Morgan fingerprint density at radius 1 is 0.629 bits per heavy atom. The van der Waals surface area contributed by atoms with E-state index in [0.29, 0.717) is 13.2 Å². The molecule has 0 bridgehead atoms. The molecule has 4 aliphatic rings. The van der Waals surface area contributed by atoms with Crippen LogP contribution in [0.25, 0.3) is 0 Å². The average molecular weight is 500 g/mol. The first kappa shape index (κ1) is 25.8. The number of fused-ring (bicyclic) bond motifs is 2. The average Bonchev–Trinajstić information content (AvgIpc) is 3.55. The maximum Gasteiger partial charge on any atom is 0.306 e. The molecule has 0 aromatic heterocycles. The molecule has 0 aromatic carbocycles. The van der Waals surface area contributed by atoms with Crippen LogP contribution < -0.4 is 0 Å². The highest BCUT2D eigenvalue weighted by Gasteiger charge is 2.51. The highest BCUT2D eigenvalue weighted by molar-refractivity contribution is 5.73. The lowest BCUT2D eigenvalue weighted by Gasteiger charge is -2.18. The number of ether oxygens (including phenoxy) is 7. The van der Waals surface area contributed by atoms with Crippen LogP contribution in [0, 0.1) is 5.92 Å². The molecule has 0 unspecified atom stereocenters. The molecule has 12 nitrogen and oxygen atoms in total. The van der Waals surface area contributed by atoms with Crippen LogP contribution in [-0.2, 0) is 52.3 Å². The van der Waals surface area contributed by atoms with Crippen molar-refractivity contribution in [3.63, 3.8) is 0 Å². The fourth-order valence-electron chi connectivity index (χ4n) is 4.83. The molecule has 0 spiro atoms. The van der Waals surface area contributed by atoms with E-state index in [-0.39, 0.29) is 69.9 Å². The number of esters is 3. The van der Waals surface area contributed by atoms with E-state index in [1.165, 1.54) is 0 Å². The van der Waals surface area contributed by atoms with Gasteiger partial charge in [0.2, 0.25) is 0 Å². The summed E-state index contributed by atoms with van der Waals surface area (Å²) in [6, 6.07) is 0. The lowest BCUT2D eigenvalue weighted by atomic mass is 10.0. The molecule has 4 fully saturated rings. The van der Waals surface area contributed by atoms with E-state index in [4.69, 9.17) is 38.3 Å². The summed E-state index contributed by atoms with van der Waals surface area (Å²) >= 11 is 0. The van der Waals surface area contributed by atoms with Crippen molar-refractivity contribution in [2.24, 2.45) is 5.92 Å². The van der Waals surface area contributed by atoms with Crippen molar-refractivity contribution in [3.8, 4) is 0 Å². The number of aliphatic carboxylic acids is 1. The zero-order valence-corrected chi connectivity index (χ0v) is 19.6. The van der Waals surface area contributed by atoms with Crippen LogP contribution in [0.15, 0.2) is 0 Å². The summed E-state index contributed by atoms with van der Waals surface area (Å²) in [5, 5.41) is 8.65. The smallest absolute Gasteiger partial charge is 0.306 e. The van der Waals surface area contributed by atoms with Gasteiger partial charge in [0.05, 0.1) is 32.5 Å². The Morgan fingerprint density at radius 3 is 1.46 bits per heavy atom. The summed E-state index contributed by atoms with van der Waals surface area (Å²) in [6.45, 7) is 3.15. The second kappa shape index (κ2) is 11.6. The van der Waals surface area contributed by atoms with E-state index in [0.717, 1.165) is 0 Å². The number of carbonyl (C=O) groups is 4. The zero-order valence-electron chi connectivity index (χ0n) is 19.6. The Bertz CT molecular complexity index is 799. The van der Waals surface area contributed by atoms with Gasteiger partial charge in [0.25, 0.3) is 0 Å². The van der Waals surface area contributed by atoms with E-state index in [1.807, 2.05) is 6.92 Å². The molecule has 0 aliphatic carbocycles. The van der Waals surface area contributed by atoms with E-state index in [2.05, 4.69) is 0 Å². The summed E-state index contributed by atoms with van der Waals surface area (Å²) in [7, 11) is 0. The van der Waals surface area contributed by atoms with Crippen LogP contribution in [0.4, 0.5) is 0 Å². The lowest BCUT2D eigenvalue weighted by molar-refractivity contribution is -0.156. The monoisotopic (exact) mass is 500 g/mol. The van der Waals surface area contributed by atoms with Crippen LogP contribution >= 0.6 is 0 Å². The third-order valence-corrected chi connectivity index (χ3v) is 6.60. The van der Waals surface area contributed by atoms with E-state index in [9.17, 15) is 19.2 Å². The molecule has 35 heavy (non-hydrogen) atoms. The molecule has 0 radical (unpaired) electrons. The maximum atomic E-state index is 12.3. The molecule has 0 aromatic rings. The van der Waals surface area contributed by atoms with E-state index >= 15 is 0 Å². The predicted octanol–water partition coefficient (Wildman–Crippen LogP) is 0.378. The number of carboxylic acids is 1. The number of rotatable bonds is 11. The SMILES string of the molecule is C[C@H]1CO[C@H]2[C@@H]1OC[C@@H]2OC(=O)CCCC(=O)O[C@H]1CO[C@H]2[C@@H]1OC[C@@H]2OC(=O)CCCC(=O)O. The molecule has 196 valence electrons. The van der Waals surface area contributed by atoms with Gasteiger partial charge in [-0.2, -0.15) is 0 Å². The van der Waals surface area contributed by atoms with E-state index in [1.54, 1.807) is 0 Å². The summed E-state index contributed by atoms with van der Waals surface area (Å²) < 4.78 is 38.9. The van der Waals surface area contributed by atoms with E-state index < -0.39 is 54.4 Å². The topological polar surface area (TPSA) is 153 Å². The van der Waals surface area contributed by atoms with Gasteiger partial charge < -0.3 is 38.3 Å². The first-order chi connectivity index (χ1) is 16.8. The highest BCUT2D eigenvalue weighted by atomic mass is 16.7. The van der Waals surface area contributed by atoms with Crippen molar-refractivity contribution in [2.75, 3.05) is 26.4 Å². The minimum absolute atomic E-state index is 0.0117.